The summed E-state index contributed by atoms with van der Waals surface area (Å²) in [5, 5.41) is 5.37. The van der Waals surface area contributed by atoms with Crippen LogP contribution in [-0.2, 0) is 14.4 Å². The molecule has 0 spiro atoms. The van der Waals surface area contributed by atoms with E-state index in [4.69, 9.17) is 10.5 Å². The number of amides is 3. The Morgan fingerprint density at radius 1 is 1.26 bits per heavy atom. The third-order valence-electron chi connectivity index (χ3n) is 4.61. The number of methoxy groups -OCH3 is 1. The van der Waals surface area contributed by atoms with E-state index in [2.05, 4.69) is 10.6 Å². The molecule has 0 aromatic heterocycles. The minimum Gasteiger partial charge on any atom is -0.495 e. The Bertz CT molecular complexity index is 692. The Hall–Kier alpha value is -2.61. The molecule has 8 nitrogen and oxygen atoms in total. The number of benzene rings is 1. The molecule has 0 bridgehead atoms. The highest BCUT2D eigenvalue weighted by Crippen LogP contribution is 2.25. The van der Waals surface area contributed by atoms with Gasteiger partial charge in [0.25, 0.3) is 0 Å². The van der Waals surface area contributed by atoms with E-state index in [0.717, 1.165) is 31.4 Å². The number of ether oxygens (including phenoxy) is 1. The van der Waals surface area contributed by atoms with Gasteiger partial charge in [0, 0.05) is 12.5 Å². The molecular weight excluding hydrogens is 348 g/mol. The summed E-state index contributed by atoms with van der Waals surface area (Å²) in [5.41, 5.74) is 6.84. The summed E-state index contributed by atoms with van der Waals surface area (Å²) in [6.07, 6.45) is 3.11. The van der Waals surface area contributed by atoms with Crippen LogP contribution in [0, 0.1) is 6.92 Å². The average molecular weight is 376 g/mol. The number of aryl methyl sites for hydroxylation is 1. The van der Waals surface area contributed by atoms with Gasteiger partial charge in [0.2, 0.25) is 17.7 Å². The highest BCUT2D eigenvalue weighted by atomic mass is 16.5. The van der Waals surface area contributed by atoms with Gasteiger partial charge in [-0.2, -0.15) is 0 Å². The van der Waals surface area contributed by atoms with Gasteiger partial charge in [-0.25, -0.2) is 0 Å². The molecular formula is C19H28N4O4. The predicted molar refractivity (Wildman–Crippen MR) is 102 cm³/mol. The van der Waals surface area contributed by atoms with Crippen LogP contribution in [0.4, 0.5) is 5.69 Å². The van der Waals surface area contributed by atoms with Gasteiger partial charge >= 0.3 is 0 Å². The van der Waals surface area contributed by atoms with Crippen LogP contribution < -0.4 is 21.1 Å². The summed E-state index contributed by atoms with van der Waals surface area (Å²) in [7, 11) is 1.53. The molecule has 1 fully saturated rings. The standard InChI is InChI=1S/C19H28N4O4/c1-13-6-7-16(27-2)15(9-13)22-18(25)11-21-19(26)12-23-8-4-3-5-14(23)10-17(20)24/h6-7,9,14H,3-5,8,10-12H2,1-2H3,(H2,20,24)(H,21,26)(H,22,25). The number of likely N-dealkylation sites (tertiary alicyclic amines) is 1. The number of hydrogen-bond acceptors (Lipinski definition) is 5. The monoisotopic (exact) mass is 376 g/mol. The molecule has 3 amide bonds. The first-order chi connectivity index (χ1) is 12.9. The number of rotatable bonds is 8. The number of carbonyl (C=O) groups is 3. The maximum atomic E-state index is 12.2. The summed E-state index contributed by atoms with van der Waals surface area (Å²) in [6.45, 7) is 2.68. The lowest BCUT2D eigenvalue weighted by molar-refractivity contribution is -0.126. The van der Waals surface area contributed by atoms with Gasteiger partial charge in [0.15, 0.2) is 0 Å². The van der Waals surface area contributed by atoms with E-state index in [1.54, 1.807) is 12.1 Å². The minimum atomic E-state index is -0.362. The zero-order chi connectivity index (χ0) is 19.8. The van der Waals surface area contributed by atoms with Crippen molar-refractivity contribution >= 4 is 23.4 Å². The van der Waals surface area contributed by atoms with Crippen LogP contribution in [0.2, 0.25) is 0 Å². The van der Waals surface area contributed by atoms with Crippen molar-refractivity contribution < 1.29 is 19.1 Å². The number of anilines is 1. The zero-order valence-electron chi connectivity index (χ0n) is 15.9. The summed E-state index contributed by atoms with van der Waals surface area (Å²) < 4.78 is 5.22. The fraction of sp³-hybridized carbons (Fsp3) is 0.526. The third-order valence-corrected chi connectivity index (χ3v) is 4.61. The van der Waals surface area contributed by atoms with Gasteiger partial charge < -0.3 is 21.1 Å². The molecule has 0 radical (unpaired) electrons. The number of piperidine rings is 1. The minimum absolute atomic E-state index is 0.00705. The van der Waals surface area contributed by atoms with Crippen molar-refractivity contribution in [1.29, 1.82) is 0 Å². The molecule has 27 heavy (non-hydrogen) atoms. The van der Waals surface area contributed by atoms with Crippen LogP contribution in [-0.4, -0.2) is 55.4 Å². The number of nitrogens with two attached hydrogens (primary N) is 1. The molecule has 1 aromatic rings. The maximum absolute atomic E-state index is 12.2. The lowest BCUT2D eigenvalue weighted by Gasteiger charge is -2.34. The SMILES string of the molecule is COc1ccc(C)cc1NC(=O)CNC(=O)CN1CCCCC1CC(N)=O. The molecule has 1 heterocycles. The molecule has 148 valence electrons. The van der Waals surface area contributed by atoms with Crippen molar-refractivity contribution in [2.45, 2.75) is 38.6 Å². The molecule has 1 aliphatic heterocycles. The van der Waals surface area contributed by atoms with Gasteiger partial charge in [0.1, 0.15) is 5.75 Å². The lowest BCUT2D eigenvalue weighted by Crippen LogP contribution is -2.47. The second-order valence-electron chi connectivity index (χ2n) is 6.82. The fourth-order valence-electron chi connectivity index (χ4n) is 3.26. The van der Waals surface area contributed by atoms with E-state index >= 15 is 0 Å². The van der Waals surface area contributed by atoms with Crippen LogP contribution >= 0.6 is 0 Å². The normalized spacial score (nSPS) is 17.2. The number of hydrogen-bond donors (Lipinski definition) is 3. The lowest BCUT2D eigenvalue weighted by atomic mass is 9.99. The number of carbonyl (C=O) groups excluding carboxylic acids is 3. The molecule has 0 aliphatic carbocycles. The molecule has 1 unspecified atom stereocenters. The van der Waals surface area contributed by atoms with E-state index in [9.17, 15) is 14.4 Å². The van der Waals surface area contributed by atoms with Crippen LogP contribution in [0.3, 0.4) is 0 Å². The zero-order valence-corrected chi connectivity index (χ0v) is 15.9. The van der Waals surface area contributed by atoms with Crippen LogP contribution in [0.15, 0.2) is 18.2 Å². The van der Waals surface area contributed by atoms with E-state index in [-0.39, 0.29) is 43.3 Å². The number of nitrogens with one attached hydrogen (secondary N) is 2. The van der Waals surface area contributed by atoms with Crippen molar-refractivity contribution in [2.24, 2.45) is 5.73 Å². The number of nitrogens with zero attached hydrogens (tertiary/aromatic N) is 1. The first-order valence-electron chi connectivity index (χ1n) is 9.12. The van der Waals surface area contributed by atoms with Gasteiger partial charge in [-0.15, -0.1) is 0 Å². The van der Waals surface area contributed by atoms with Gasteiger partial charge in [-0.3, -0.25) is 19.3 Å². The second-order valence-corrected chi connectivity index (χ2v) is 6.82. The maximum Gasteiger partial charge on any atom is 0.243 e. The highest BCUT2D eigenvalue weighted by Gasteiger charge is 2.25. The first-order valence-corrected chi connectivity index (χ1v) is 9.12. The largest absolute Gasteiger partial charge is 0.495 e. The molecule has 8 heteroatoms. The van der Waals surface area contributed by atoms with Crippen molar-refractivity contribution in [3.63, 3.8) is 0 Å². The first kappa shape index (κ1) is 20.7. The quantitative estimate of drug-likeness (QED) is 0.621. The number of primary amides is 1. The summed E-state index contributed by atoms with van der Waals surface area (Å²) in [6, 6.07) is 5.46. The Morgan fingerprint density at radius 2 is 2.04 bits per heavy atom. The Kier molecular flexibility index (Phi) is 7.60. The fourth-order valence-corrected chi connectivity index (χ4v) is 3.26. The topological polar surface area (TPSA) is 114 Å². The van der Waals surface area contributed by atoms with Crippen molar-refractivity contribution in [3.05, 3.63) is 23.8 Å². The predicted octanol–water partition coefficient (Wildman–Crippen LogP) is 0.788. The summed E-state index contributed by atoms with van der Waals surface area (Å²) in [4.78, 5) is 37.5. The average Bonchev–Trinajstić information content (AvgIpc) is 2.61. The molecule has 4 N–H and O–H groups in total. The van der Waals surface area contributed by atoms with Crippen molar-refractivity contribution in [2.75, 3.05) is 32.1 Å². The van der Waals surface area contributed by atoms with Crippen LogP contribution in [0.1, 0.15) is 31.2 Å². The molecule has 1 atom stereocenters. The van der Waals surface area contributed by atoms with Crippen LogP contribution in [0.25, 0.3) is 0 Å². The highest BCUT2D eigenvalue weighted by molar-refractivity contribution is 5.96. The molecule has 2 rings (SSSR count). The summed E-state index contributed by atoms with van der Waals surface area (Å²) in [5.74, 6) is -0.390. The van der Waals surface area contributed by atoms with Gasteiger partial charge in [-0.1, -0.05) is 12.5 Å². The van der Waals surface area contributed by atoms with E-state index in [1.807, 2.05) is 17.9 Å². The molecule has 1 aromatic carbocycles. The molecule has 1 saturated heterocycles. The van der Waals surface area contributed by atoms with E-state index in [0.29, 0.717) is 11.4 Å². The van der Waals surface area contributed by atoms with Crippen molar-refractivity contribution in [1.82, 2.24) is 10.2 Å². The molecule has 0 saturated carbocycles. The molecule has 1 aliphatic rings. The second kappa shape index (κ2) is 9.91. The van der Waals surface area contributed by atoms with Gasteiger partial charge in [-0.05, 0) is 44.0 Å². The van der Waals surface area contributed by atoms with Crippen LogP contribution in [0.5, 0.6) is 5.75 Å². The summed E-state index contributed by atoms with van der Waals surface area (Å²) >= 11 is 0. The van der Waals surface area contributed by atoms with E-state index in [1.165, 1.54) is 7.11 Å². The smallest absolute Gasteiger partial charge is 0.243 e. The Labute approximate surface area is 159 Å². The van der Waals surface area contributed by atoms with Crippen molar-refractivity contribution in [3.8, 4) is 5.75 Å². The van der Waals surface area contributed by atoms with E-state index < -0.39 is 0 Å². The third kappa shape index (κ3) is 6.56. The Balaban J connectivity index is 1.83. The Morgan fingerprint density at radius 3 is 2.74 bits per heavy atom. The van der Waals surface area contributed by atoms with Gasteiger partial charge in [0.05, 0.1) is 25.9 Å².